The molecule has 0 saturated heterocycles. The molecule has 0 fully saturated rings. The SMILES string of the molecule is Cc1onc(-c2ccccc2)c1CO.N#Cc1ccc(Cl)nc1. The molecule has 0 unspecified atom stereocenters. The van der Waals surface area contributed by atoms with Crippen molar-refractivity contribution in [2.75, 3.05) is 0 Å². The van der Waals surface area contributed by atoms with Gasteiger partial charge in [0.1, 0.15) is 22.7 Å². The Morgan fingerprint density at radius 1 is 1.22 bits per heavy atom. The summed E-state index contributed by atoms with van der Waals surface area (Å²) in [5.41, 5.74) is 2.98. The predicted molar refractivity (Wildman–Crippen MR) is 86.6 cm³/mol. The smallest absolute Gasteiger partial charge is 0.139 e. The maximum Gasteiger partial charge on any atom is 0.139 e. The lowest BCUT2D eigenvalue weighted by Gasteiger charge is -1.97. The summed E-state index contributed by atoms with van der Waals surface area (Å²) in [7, 11) is 0. The Kier molecular flexibility index (Phi) is 5.87. The van der Waals surface area contributed by atoms with Gasteiger partial charge in [0.05, 0.1) is 12.2 Å². The summed E-state index contributed by atoms with van der Waals surface area (Å²) < 4.78 is 5.03. The molecule has 3 aromatic rings. The third kappa shape index (κ3) is 4.39. The van der Waals surface area contributed by atoms with E-state index in [1.54, 1.807) is 19.1 Å². The maximum absolute atomic E-state index is 9.15. The van der Waals surface area contributed by atoms with E-state index in [4.69, 9.17) is 26.5 Å². The normalized spacial score (nSPS) is 9.65. The molecule has 0 saturated carbocycles. The molecule has 6 heteroatoms. The van der Waals surface area contributed by atoms with Crippen molar-refractivity contribution in [3.05, 3.63) is 70.7 Å². The van der Waals surface area contributed by atoms with Gasteiger partial charge in [0, 0.05) is 17.3 Å². The van der Waals surface area contributed by atoms with Crippen LogP contribution in [0.25, 0.3) is 11.3 Å². The highest BCUT2D eigenvalue weighted by atomic mass is 35.5. The third-order valence-electron chi connectivity index (χ3n) is 3.05. The minimum absolute atomic E-state index is 0.0421. The number of aryl methyl sites for hydroxylation is 1. The molecular weight excluding hydrogens is 314 g/mol. The molecule has 0 aliphatic rings. The zero-order chi connectivity index (χ0) is 16.7. The van der Waals surface area contributed by atoms with Crippen LogP contribution in [-0.4, -0.2) is 15.2 Å². The molecule has 0 aliphatic heterocycles. The Labute approximate surface area is 138 Å². The van der Waals surface area contributed by atoms with Crippen LogP contribution in [0.1, 0.15) is 16.9 Å². The van der Waals surface area contributed by atoms with Gasteiger partial charge in [-0.3, -0.25) is 0 Å². The van der Waals surface area contributed by atoms with Crippen LogP contribution in [-0.2, 0) is 6.61 Å². The van der Waals surface area contributed by atoms with E-state index in [2.05, 4.69) is 10.1 Å². The number of hydrogen-bond acceptors (Lipinski definition) is 5. The van der Waals surface area contributed by atoms with Crippen molar-refractivity contribution < 1.29 is 9.63 Å². The van der Waals surface area contributed by atoms with E-state index in [-0.39, 0.29) is 6.61 Å². The molecule has 0 spiro atoms. The first-order chi connectivity index (χ1) is 11.2. The summed E-state index contributed by atoms with van der Waals surface area (Å²) in [5, 5.41) is 21.8. The molecule has 0 atom stereocenters. The first-order valence-corrected chi connectivity index (χ1v) is 7.16. The molecule has 0 bridgehead atoms. The number of benzene rings is 1. The molecule has 0 aliphatic carbocycles. The Morgan fingerprint density at radius 2 is 1.96 bits per heavy atom. The lowest BCUT2D eigenvalue weighted by atomic mass is 10.1. The van der Waals surface area contributed by atoms with Crippen molar-refractivity contribution in [2.45, 2.75) is 13.5 Å². The van der Waals surface area contributed by atoms with Crippen LogP contribution in [0.2, 0.25) is 5.15 Å². The quantitative estimate of drug-likeness (QED) is 0.725. The lowest BCUT2D eigenvalue weighted by molar-refractivity contribution is 0.278. The number of aromatic nitrogens is 2. The molecule has 0 amide bonds. The lowest BCUT2D eigenvalue weighted by Crippen LogP contribution is -1.87. The Hall–Kier alpha value is -2.68. The highest BCUT2D eigenvalue weighted by Gasteiger charge is 2.12. The summed E-state index contributed by atoms with van der Waals surface area (Å²) in [6.45, 7) is 1.75. The van der Waals surface area contributed by atoms with Crippen molar-refractivity contribution in [3.63, 3.8) is 0 Å². The number of aliphatic hydroxyl groups is 1. The van der Waals surface area contributed by atoms with Crippen LogP contribution in [0.3, 0.4) is 0 Å². The zero-order valence-corrected chi connectivity index (χ0v) is 13.2. The van der Waals surface area contributed by atoms with E-state index in [1.165, 1.54) is 6.20 Å². The van der Waals surface area contributed by atoms with Gasteiger partial charge in [0.25, 0.3) is 0 Å². The Morgan fingerprint density at radius 3 is 2.52 bits per heavy atom. The standard InChI is InChI=1S/C11H11NO2.C6H3ClN2/c1-8-10(7-13)11(12-14-8)9-5-3-2-4-6-9;7-6-2-1-5(3-8)4-9-6/h2-6,13H,7H2,1H3;1-2,4H. The van der Waals surface area contributed by atoms with E-state index in [1.807, 2.05) is 36.4 Å². The van der Waals surface area contributed by atoms with E-state index < -0.39 is 0 Å². The van der Waals surface area contributed by atoms with Crippen LogP contribution < -0.4 is 0 Å². The number of aliphatic hydroxyl groups excluding tert-OH is 1. The zero-order valence-electron chi connectivity index (χ0n) is 12.4. The topological polar surface area (TPSA) is 82.9 Å². The predicted octanol–water partition coefficient (Wildman–Crippen LogP) is 3.75. The van der Waals surface area contributed by atoms with Gasteiger partial charge in [0.15, 0.2) is 0 Å². The fraction of sp³-hybridized carbons (Fsp3) is 0.118. The highest BCUT2D eigenvalue weighted by Crippen LogP contribution is 2.24. The number of halogens is 1. The van der Waals surface area contributed by atoms with Crippen molar-refractivity contribution in [3.8, 4) is 17.3 Å². The number of nitriles is 1. The second kappa shape index (κ2) is 8.08. The molecule has 1 N–H and O–H groups in total. The van der Waals surface area contributed by atoms with Gasteiger partial charge in [-0.25, -0.2) is 4.98 Å². The van der Waals surface area contributed by atoms with Crippen LogP contribution >= 0.6 is 11.6 Å². The van der Waals surface area contributed by atoms with Crippen molar-refractivity contribution >= 4 is 11.6 Å². The molecule has 2 aromatic heterocycles. The van der Waals surface area contributed by atoms with Gasteiger partial charge in [-0.1, -0.05) is 47.1 Å². The minimum atomic E-state index is -0.0421. The van der Waals surface area contributed by atoms with Crippen LogP contribution in [0.4, 0.5) is 0 Å². The Balaban J connectivity index is 0.000000185. The number of nitrogens with zero attached hydrogens (tertiary/aromatic N) is 3. The monoisotopic (exact) mass is 327 g/mol. The first kappa shape index (κ1) is 16.7. The van der Waals surface area contributed by atoms with Crippen LogP contribution in [0.15, 0.2) is 53.2 Å². The van der Waals surface area contributed by atoms with Gasteiger partial charge in [-0.15, -0.1) is 0 Å². The van der Waals surface area contributed by atoms with E-state index >= 15 is 0 Å². The second-order valence-corrected chi connectivity index (χ2v) is 4.96. The van der Waals surface area contributed by atoms with E-state index in [9.17, 15) is 0 Å². The van der Waals surface area contributed by atoms with E-state index in [0.29, 0.717) is 16.5 Å². The average molecular weight is 328 g/mol. The molecule has 23 heavy (non-hydrogen) atoms. The first-order valence-electron chi connectivity index (χ1n) is 6.78. The minimum Gasteiger partial charge on any atom is -0.391 e. The summed E-state index contributed by atoms with van der Waals surface area (Å²) in [4.78, 5) is 3.69. The van der Waals surface area contributed by atoms with E-state index in [0.717, 1.165) is 16.8 Å². The highest BCUT2D eigenvalue weighted by molar-refractivity contribution is 6.29. The average Bonchev–Trinajstić information content (AvgIpc) is 2.97. The van der Waals surface area contributed by atoms with Crippen molar-refractivity contribution in [1.29, 1.82) is 5.26 Å². The largest absolute Gasteiger partial charge is 0.391 e. The van der Waals surface area contributed by atoms with Crippen LogP contribution in [0.5, 0.6) is 0 Å². The van der Waals surface area contributed by atoms with Gasteiger partial charge in [0.2, 0.25) is 0 Å². The number of hydrogen-bond donors (Lipinski definition) is 1. The maximum atomic E-state index is 9.15. The Bertz CT molecular complexity index is 793. The van der Waals surface area contributed by atoms with Crippen molar-refractivity contribution in [2.24, 2.45) is 0 Å². The summed E-state index contributed by atoms with van der Waals surface area (Å²) >= 11 is 5.45. The molecular formula is C17H14ClN3O2. The fourth-order valence-corrected chi connectivity index (χ4v) is 1.95. The van der Waals surface area contributed by atoms with Gasteiger partial charge in [-0.05, 0) is 19.1 Å². The number of rotatable bonds is 2. The molecule has 3 rings (SSSR count). The summed E-state index contributed by atoms with van der Waals surface area (Å²) in [6.07, 6.45) is 1.43. The summed E-state index contributed by atoms with van der Waals surface area (Å²) in [5.74, 6) is 0.673. The molecule has 116 valence electrons. The van der Waals surface area contributed by atoms with Crippen LogP contribution in [0, 0.1) is 18.3 Å². The molecule has 5 nitrogen and oxygen atoms in total. The van der Waals surface area contributed by atoms with Gasteiger partial charge >= 0.3 is 0 Å². The van der Waals surface area contributed by atoms with Gasteiger partial charge in [-0.2, -0.15) is 5.26 Å². The van der Waals surface area contributed by atoms with Gasteiger partial charge < -0.3 is 9.63 Å². The molecule has 1 aromatic carbocycles. The molecule has 2 heterocycles. The summed E-state index contributed by atoms with van der Waals surface area (Å²) in [6, 6.07) is 14.8. The number of pyridine rings is 1. The third-order valence-corrected chi connectivity index (χ3v) is 3.27. The molecule has 0 radical (unpaired) electrons. The second-order valence-electron chi connectivity index (χ2n) is 4.57. The van der Waals surface area contributed by atoms with Crippen molar-refractivity contribution in [1.82, 2.24) is 10.1 Å². The fourth-order valence-electron chi connectivity index (χ4n) is 1.84.